The Morgan fingerprint density at radius 2 is 1.92 bits per heavy atom. The van der Waals surface area contributed by atoms with Crippen LogP contribution in [0.5, 0.6) is 5.75 Å². The maximum atomic E-state index is 12.7. The van der Waals surface area contributed by atoms with Crippen LogP contribution >= 0.6 is 38.9 Å². The number of nitrogens with zero attached hydrogens (tertiary/aromatic N) is 3. The summed E-state index contributed by atoms with van der Waals surface area (Å²) in [5.74, 6) is 0.00269. The fraction of sp³-hybridized carbons (Fsp3) is 0.0385. The molecule has 3 aromatic carbocycles. The van der Waals surface area contributed by atoms with Gasteiger partial charge in [0, 0.05) is 23.4 Å². The number of carbonyl (C=O) groups is 1. The van der Waals surface area contributed by atoms with Crippen LogP contribution in [-0.2, 0) is 11.4 Å². The Labute approximate surface area is 229 Å². The van der Waals surface area contributed by atoms with Crippen molar-refractivity contribution in [1.29, 1.82) is 5.26 Å². The summed E-state index contributed by atoms with van der Waals surface area (Å²) in [4.78, 5) is 27.9. The Bertz CT molecular complexity index is 1530. The Hall–Kier alpha value is -4.04. The maximum absolute atomic E-state index is 12.7. The highest BCUT2D eigenvalue weighted by atomic mass is 79.9. The monoisotopic (exact) mass is 594 g/mol. The number of hydrogen-bond acceptors (Lipinski definition) is 7. The van der Waals surface area contributed by atoms with Gasteiger partial charge in [0.15, 0.2) is 5.13 Å². The highest BCUT2D eigenvalue weighted by molar-refractivity contribution is 9.10. The van der Waals surface area contributed by atoms with E-state index in [9.17, 15) is 20.2 Å². The number of nitro groups is 1. The number of non-ortho nitro benzene ring substituents is 1. The third-order valence-electron chi connectivity index (χ3n) is 5.03. The highest BCUT2D eigenvalue weighted by Gasteiger charge is 2.14. The molecule has 8 nitrogen and oxygen atoms in total. The fourth-order valence-electron chi connectivity index (χ4n) is 3.16. The molecule has 4 rings (SSSR count). The van der Waals surface area contributed by atoms with Crippen LogP contribution in [0.25, 0.3) is 16.5 Å². The molecule has 0 aliphatic rings. The van der Waals surface area contributed by atoms with Crippen molar-refractivity contribution in [3.05, 3.63) is 109 Å². The molecule has 1 aromatic heterocycles. The molecule has 1 amide bonds. The predicted molar refractivity (Wildman–Crippen MR) is 146 cm³/mol. The summed E-state index contributed by atoms with van der Waals surface area (Å²) in [5.41, 5.74) is 2.20. The lowest BCUT2D eigenvalue weighted by Gasteiger charge is -2.09. The van der Waals surface area contributed by atoms with E-state index < -0.39 is 10.8 Å². The molecular formula is C26H16BrClN4O4S. The number of ether oxygens (including phenoxy) is 1. The van der Waals surface area contributed by atoms with Crippen LogP contribution in [0, 0.1) is 21.4 Å². The molecule has 0 fully saturated rings. The molecule has 11 heteroatoms. The van der Waals surface area contributed by atoms with Crippen LogP contribution in [-0.4, -0.2) is 15.8 Å². The summed E-state index contributed by atoms with van der Waals surface area (Å²) >= 11 is 10.6. The molecule has 0 radical (unpaired) electrons. The number of rotatable bonds is 8. The van der Waals surface area contributed by atoms with Crippen molar-refractivity contribution in [2.75, 3.05) is 5.32 Å². The maximum Gasteiger partial charge on any atom is 0.269 e. The van der Waals surface area contributed by atoms with E-state index in [1.807, 2.05) is 18.2 Å². The number of benzene rings is 3. The summed E-state index contributed by atoms with van der Waals surface area (Å²) in [5, 5.41) is 23.9. The van der Waals surface area contributed by atoms with Gasteiger partial charge in [0.25, 0.3) is 11.6 Å². The topological polar surface area (TPSA) is 118 Å². The molecule has 0 atom stereocenters. The second-order valence-electron chi connectivity index (χ2n) is 7.56. The molecule has 0 spiro atoms. The first-order valence-corrected chi connectivity index (χ1v) is 12.6. The van der Waals surface area contributed by atoms with Gasteiger partial charge in [0.2, 0.25) is 0 Å². The SMILES string of the molecule is N#CC(=Cc1ccc(OCc2ccc(Cl)cc2)c(Br)c1)C(=O)Nc1ncc(-c2ccc([N+](=O)[O-])cc2)s1. The first-order valence-electron chi connectivity index (χ1n) is 10.6. The van der Waals surface area contributed by atoms with E-state index in [1.54, 1.807) is 48.7 Å². The molecule has 0 unspecified atom stereocenters. The van der Waals surface area contributed by atoms with E-state index in [-0.39, 0.29) is 11.3 Å². The molecule has 0 bridgehead atoms. The van der Waals surface area contributed by atoms with Crippen molar-refractivity contribution < 1.29 is 14.5 Å². The normalized spacial score (nSPS) is 11.0. The van der Waals surface area contributed by atoms with Crippen molar-refractivity contribution in [2.24, 2.45) is 0 Å². The van der Waals surface area contributed by atoms with Gasteiger partial charge in [0.05, 0.1) is 14.3 Å². The molecule has 184 valence electrons. The van der Waals surface area contributed by atoms with Gasteiger partial charge in [-0.1, -0.05) is 41.1 Å². The minimum Gasteiger partial charge on any atom is -0.488 e. The molecular weight excluding hydrogens is 580 g/mol. The van der Waals surface area contributed by atoms with Gasteiger partial charge < -0.3 is 4.74 Å². The smallest absolute Gasteiger partial charge is 0.269 e. The molecule has 1 N–H and O–H groups in total. The minimum absolute atomic E-state index is 0.0154. The van der Waals surface area contributed by atoms with Gasteiger partial charge in [-0.05, 0) is 75.1 Å². The molecule has 0 saturated heterocycles. The zero-order chi connectivity index (χ0) is 26.4. The number of halogens is 2. The van der Waals surface area contributed by atoms with Gasteiger partial charge in [-0.2, -0.15) is 5.26 Å². The number of thiazole rings is 1. The van der Waals surface area contributed by atoms with Crippen LogP contribution in [0.15, 0.2) is 83.0 Å². The van der Waals surface area contributed by atoms with Crippen LogP contribution in [0.3, 0.4) is 0 Å². The summed E-state index contributed by atoms with van der Waals surface area (Å²) in [6.07, 6.45) is 3.02. The lowest BCUT2D eigenvalue weighted by molar-refractivity contribution is -0.384. The number of carbonyl (C=O) groups excluding carboxylic acids is 1. The average Bonchev–Trinajstić information content (AvgIpc) is 3.36. The summed E-state index contributed by atoms with van der Waals surface area (Å²) in [6, 6.07) is 20.5. The number of nitriles is 1. The summed E-state index contributed by atoms with van der Waals surface area (Å²) in [6.45, 7) is 0.354. The minimum atomic E-state index is -0.605. The zero-order valence-corrected chi connectivity index (χ0v) is 22.0. The van der Waals surface area contributed by atoms with E-state index in [2.05, 4.69) is 26.2 Å². The van der Waals surface area contributed by atoms with Gasteiger partial charge >= 0.3 is 0 Å². The van der Waals surface area contributed by atoms with Crippen LogP contribution < -0.4 is 10.1 Å². The summed E-state index contributed by atoms with van der Waals surface area (Å²) < 4.78 is 6.50. The van der Waals surface area contributed by atoms with Crippen LogP contribution in [0.1, 0.15) is 11.1 Å². The molecule has 0 aliphatic carbocycles. The van der Waals surface area contributed by atoms with Crippen LogP contribution in [0.2, 0.25) is 5.02 Å². The molecule has 0 saturated carbocycles. The molecule has 1 heterocycles. The number of hydrogen-bond donors (Lipinski definition) is 1. The Balaban J connectivity index is 1.42. The molecule has 37 heavy (non-hydrogen) atoms. The highest BCUT2D eigenvalue weighted by Crippen LogP contribution is 2.31. The second-order valence-corrected chi connectivity index (χ2v) is 9.88. The lowest BCUT2D eigenvalue weighted by Crippen LogP contribution is -2.13. The number of amides is 1. The molecule has 0 aliphatic heterocycles. The van der Waals surface area contributed by atoms with E-state index in [1.165, 1.54) is 29.5 Å². The van der Waals surface area contributed by atoms with Crippen molar-refractivity contribution >= 4 is 61.7 Å². The van der Waals surface area contributed by atoms with Crippen molar-refractivity contribution in [3.8, 4) is 22.3 Å². The van der Waals surface area contributed by atoms with Crippen molar-refractivity contribution in [1.82, 2.24) is 4.98 Å². The standard InChI is InChI=1S/C26H16BrClN4O4S/c27-22-12-17(3-10-23(22)36-15-16-1-6-20(28)7-2-16)11-19(13-29)25(33)31-26-30-14-24(37-26)18-4-8-21(9-5-18)32(34)35/h1-12,14H,15H2,(H,30,31,33). The first kappa shape index (κ1) is 26.0. The summed E-state index contributed by atoms with van der Waals surface area (Å²) in [7, 11) is 0. The van der Waals surface area contributed by atoms with Crippen molar-refractivity contribution in [3.63, 3.8) is 0 Å². The second kappa shape index (κ2) is 11.8. The van der Waals surface area contributed by atoms with Crippen LogP contribution in [0.4, 0.5) is 10.8 Å². The number of nitrogens with one attached hydrogen (secondary N) is 1. The Kier molecular flexibility index (Phi) is 8.30. The van der Waals surface area contributed by atoms with Gasteiger partial charge in [-0.15, -0.1) is 0 Å². The number of aromatic nitrogens is 1. The quantitative estimate of drug-likeness (QED) is 0.0991. The first-order chi connectivity index (χ1) is 17.8. The third-order valence-corrected chi connectivity index (χ3v) is 6.86. The van der Waals surface area contributed by atoms with Gasteiger partial charge in [-0.3, -0.25) is 20.2 Å². The fourth-order valence-corrected chi connectivity index (χ4v) is 4.61. The van der Waals surface area contributed by atoms with E-state index >= 15 is 0 Å². The number of anilines is 1. The van der Waals surface area contributed by atoms with E-state index in [0.29, 0.717) is 37.4 Å². The Morgan fingerprint density at radius 1 is 1.19 bits per heavy atom. The van der Waals surface area contributed by atoms with Gasteiger partial charge in [0.1, 0.15) is 24.0 Å². The molecule has 4 aromatic rings. The zero-order valence-electron chi connectivity index (χ0n) is 18.9. The number of nitro benzene ring substituents is 1. The van der Waals surface area contributed by atoms with Gasteiger partial charge in [-0.25, -0.2) is 4.98 Å². The Morgan fingerprint density at radius 3 is 2.57 bits per heavy atom. The third kappa shape index (κ3) is 6.80. The van der Waals surface area contributed by atoms with E-state index in [4.69, 9.17) is 16.3 Å². The lowest BCUT2D eigenvalue weighted by atomic mass is 10.1. The largest absolute Gasteiger partial charge is 0.488 e. The average molecular weight is 596 g/mol. The van der Waals surface area contributed by atoms with E-state index in [0.717, 1.165) is 11.1 Å². The van der Waals surface area contributed by atoms with Crippen molar-refractivity contribution in [2.45, 2.75) is 6.61 Å². The predicted octanol–water partition coefficient (Wildman–Crippen LogP) is 7.26.